The summed E-state index contributed by atoms with van der Waals surface area (Å²) in [4.78, 5) is 19.1. The highest BCUT2D eigenvalue weighted by atomic mass is 15.3. The van der Waals surface area contributed by atoms with E-state index < -0.39 is 5.41 Å². The third kappa shape index (κ3) is 5.90. The van der Waals surface area contributed by atoms with Crippen LogP contribution in [0.25, 0.3) is 61.7 Å². The lowest BCUT2D eigenvalue weighted by Crippen LogP contribution is -2.35. The summed E-state index contributed by atoms with van der Waals surface area (Å²) in [5.74, 6) is 2.55. The van der Waals surface area contributed by atoms with Crippen LogP contribution < -0.4 is 4.90 Å². The van der Waals surface area contributed by atoms with Gasteiger partial charge in [0.1, 0.15) is 0 Å². The molecule has 0 saturated carbocycles. The van der Waals surface area contributed by atoms with Gasteiger partial charge < -0.3 is 4.90 Å². The van der Waals surface area contributed by atoms with Crippen LogP contribution in [0.5, 0.6) is 0 Å². The number of aromatic nitrogens is 3. The summed E-state index contributed by atoms with van der Waals surface area (Å²) in [6, 6.07) is 82.3. The van der Waals surface area contributed by atoms with Crippen LogP contribution in [0.2, 0.25) is 0 Å². The minimum Gasteiger partial charge on any atom is -0.302 e. The number of hydrogen-bond acceptors (Lipinski definition) is 4. The van der Waals surface area contributed by atoms with Crippen molar-refractivity contribution in [3.63, 3.8) is 0 Å². The third-order valence-electron chi connectivity index (χ3n) is 16.7. The second kappa shape index (κ2) is 15.9. The first kappa shape index (κ1) is 41.1. The summed E-state index contributed by atoms with van der Waals surface area (Å²) in [5, 5.41) is 0. The fraction of sp³-hybridized carbons (Fsp3) is 0.103. The van der Waals surface area contributed by atoms with Crippen LogP contribution in [0.15, 0.2) is 242 Å². The third-order valence-corrected chi connectivity index (χ3v) is 16.7. The zero-order valence-corrected chi connectivity index (χ0v) is 39.8. The summed E-state index contributed by atoms with van der Waals surface area (Å²) in [6.07, 6.45) is 5.87. The van der Waals surface area contributed by atoms with Crippen molar-refractivity contribution < 1.29 is 0 Å². The van der Waals surface area contributed by atoms with E-state index in [2.05, 4.69) is 248 Å². The van der Waals surface area contributed by atoms with Gasteiger partial charge >= 0.3 is 0 Å². The molecule has 340 valence electrons. The molecule has 0 N–H and O–H groups in total. The molecule has 1 aromatic heterocycles. The van der Waals surface area contributed by atoms with Crippen LogP contribution in [0.3, 0.4) is 0 Å². The predicted octanol–water partition coefficient (Wildman–Crippen LogP) is 15.9. The van der Waals surface area contributed by atoms with E-state index in [0.29, 0.717) is 17.6 Å². The van der Waals surface area contributed by atoms with Gasteiger partial charge in [-0.2, -0.15) is 9.97 Å². The molecule has 15 rings (SSSR count). The number of benzene rings is 9. The molecule has 2 heterocycles. The maximum atomic E-state index is 5.65. The largest absolute Gasteiger partial charge is 0.302 e. The normalized spacial score (nSPS) is 19.1. The Kier molecular flexibility index (Phi) is 9.07. The van der Waals surface area contributed by atoms with Crippen LogP contribution in [-0.4, -0.2) is 21.0 Å². The molecule has 4 nitrogen and oxygen atoms in total. The predicted molar refractivity (Wildman–Crippen MR) is 292 cm³/mol. The maximum absolute atomic E-state index is 5.65. The average Bonchev–Trinajstić information content (AvgIpc) is 4.03. The first-order chi connectivity index (χ1) is 35.6. The van der Waals surface area contributed by atoms with Gasteiger partial charge in [0.05, 0.1) is 11.5 Å². The van der Waals surface area contributed by atoms with Gasteiger partial charge in [-0.3, -0.25) is 0 Å². The lowest BCUT2D eigenvalue weighted by molar-refractivity contribution is 0.579. The Hall–Kier alpha value is -8.73. The first-order valence-corrected chi connectivity index (χ1v) is 25.4. The number of rotatable bonds is 5. The average molecular weight is 921 g/mol. The van der Waals surface area contributed by atoms with Crippen molar-refractivity contribution in [2.24, 2.45) is 0 Å². The highest BCUT2D eigenvalue weighted by Crippen LogP contribution is 2.66. The van der Waals surface area contributed by atoms with E-state index in [1.54, 1.807) is 0 Å². The Bertz CT molecular complexity index is 3860. The smallest absolute Gasteiger partial charge is 0.234 e. The van der Waals surface area contributed by atoms with Gasteiger partial charge in [-0.1, -0.05) is 231 Å². The van der Waals surface area contributed by atoms with Gasteiger partial charge in [-0.25, -0.2) is 4.98 Å². The van der Waals surface area contributed by atoms with Gasteiger partial charge in [0, 0.05) is 22.7 Å². The molecular weight excluding hydrogens is 873 g/mol. The van der Waals surface area contributed by atoms with Crippen LogP contribution >= 0.6 is 0 Å². The van der Waals surface area contributed by atoms with E-state index in [0.717, 1.165) is 28.8 Å². The second-order valence-corrected chi connectivity index (χ2v) is 20.2. The molecule has 4 heteroatoms. The Morgan fingerprint density at radius 3 is 1.76 bits per heavy atom. The molecule has 1 spiro atoms. The Morgan fingerprint density at radius 2 is 1.01 bits per heavy atom. The fourth-order valence-electron chi connectivity index (χ4n) is 13.5. The molecule has 1 aliphatic heterocycles. The van der Waals surface area contributed by atoms with Crippen molar-refractivity contribution in [3.05, 3.63) is 287 Å². The number of fused-ring (bicyclic) bond motifs is 16. The van der Waals surface area contributed by atoms with Crippen molar-refractivity contribution >= 4 is 17.2 Å². The van der Waals surface area contributed by atoms with Crippen molar-refractivity contribution in [2.45, 2.75) is 42.6 Å². The number of allylic oxidation sites excluding steroid dienone is 2. The van der Waals surface area contributed by atoms with Crippen LogP contribution in [0, 0.1) is 0 Å². The number of hydrogen-bond donors (Lipinski definition) is 0. The van der Waals surface area contributed by atoms with E-state index in [4.69, 9.17) is 15.0 Å². The zero-order chi connectivity index (χ0) is 47.5. The first-order valence-electron chi connectivity index (χ1n) is 25.4. The van der Waals surface area contributed by atoms with Gasteiger partial charge in [-0.05, 0) is 119 Å². The van der Waals surface area contributed by atoms with Gasteiger partial charge in [-0.15, -0.1) is 0 Å². The molecule has 9 aromatic carbocycles. The van der Waals surface area contributed by atoms with E-state index in [9.17, 15) is 0 Å². The summed E-state index contributed by atoms with van der Waals surface area (Å²) in [5.41, 5.74) is 23.5. The molecule has 4 atom stereocenters. The molecule has 72 heavy (non-hydrogen) atoms. The number of anilines is 2. The van der Waals surface area contributed by atoms with Gasteiger partial charge in [0.2, 0.25) is 5.95 Å². The Labute approximate surface area is 420 Å². The lowest BCUT2D eigenvalue weighted by Gasteiger charge is -2.35. The number of nitrogens with zero attached hydrogens (tertiary/aromatic N) is 4. The highest BCUT2D eigenvalue weighted by Gasteiger charge is 2.57. The molecule has 4 unspecified atom stereocenters. The quantitative estimate of drug-likeness (QED) is 0.172. The summed E-state index contributed by atoms with van der Waals surface area (Å²) >= 11 is 0. The minimum absolute atomic E-state index is 0.0645. The maximum Gasteiger partial charge on any atom is 0.234 e. The van der Waals surface area contributed by atoms with Crippen molar-refractivity contribution in [2.75, 3.05) is 4.90 Å². The molecule has 0 amide bonds. The molecule has 5 aliphatic rings. The van der Waals surface area contributed by atoms with E-state index in [-0.39, 0.29) is 23.8 Å². The SMILES string of the molecule is CC1c2ccccc2-c2ccccc2CC1c1cccc(-c2nc(-c3ccc(-c4ccccc4)cc3)nc(N3c4ccccc4C4C=CC5=C(c6ccccc6C56c5ccccc5-c5ccccc56)C43)n2)c1. The minimum atomic E-state index is -0.465. The van der Waals surface area contributed by atoms with E-state index >= 15 is 0 Å². The topological polar surface area (TPSA) is 41.9 Å². The lowest BCUT2D eigenvalue weighted by atomic mass is 9.68. The van der Waals surface area contributed by atoms with E-state index in [1.165, 1.54) is 83.5 Å². The zero-order valence-electron chi connectivity index (χ0n) is 39.8. The standard InChI is InChI=1S/C68H48N4/c1-42-49-23-7-8-25-51(49)50-24-6-5-20-47(50)41-57(42)46-21-17-22-48(40-46)66-69-65(45-36-34-44(35-37-45)43-18-3-2-4-19-43)70-67(71-66)72-62-33-16-12-28-54(62)55-38-39-61-63(64(55)72)56-29-11-15-32-60(56)68(61)58-30-13-9-26-52(58)53-27-10-14-31-59(53)68/h2-40,42,55,57,64H,41H2,1H3. The summed E-state index contributed by atoms with van der Waals surface area (Å²) in [7, 11) is 0. The monoisotopic (exact) mass is 920 g/mol. The number of para-hydroxylation sites is 1. The van der Waals surface area contributed by atoms with Crippen LogP contribution in [-0.2, 0) is 11.8 Å². The molecule has 0 radical (unpaired) electrons. The molecule has 0 saturated heterocycles. The molecule has 10 aromatic rings. The van der Waals surface area contributed by atoms with Crippen LogP contribution in [0.4, 0.5) is 11.6 Å². The molecule has 4 aliphatic carbocycles. The second-order valence-electron chi connectivity index (χ2n) is 20.2. The molecule has 0 fully saturated rings. The van der Waals surface area contributed by atoms with Gasteiger partial charge in [0.25, 0.3) is 0 Å². The van der Waals surface area contributed by atoms with Gasteiger partial charge in [0.15, 0.2) is 11.6 Å². The highest BCUT2D eigenvalue weighted by molar-refractivity contribution is 6.00. The van der Waals surface area contributed by atoms with Crippen molar-refractivity contribution in [3.8, 4) is 56.2 Å². The van der Waals surface area contributed by atoms with Crippen LogP contribution in [0.1, 0.15) is 69.2 Å². The fourth-order valence-corrected chi connectivity index (χ4v) is 13.5. The van der Waals surface area contributed by atoms with Crippen molar-refractivity contribution in [1.82, 2.24) is 15.0 Å². The summed E-state index contributed by atoms with van der Waals surface area (Å²) in [6.45, 7) is 2.40. The van der Waals surface area contributed by atoms with E-state index in [1.807, 2.05) is 0 Å². The molecule has 0 bridgehead atoms. The Morgan fingerprint density at radius 1 is 0.458 bits per heavy atom. The summed E-state index contributed by atoms with van der Waals surface area (Å²) < 4.78 is 0. The molecular formula is C68H48N4. The Balaban J connectivity index is 0.930. The van der Waals surface area contributed by atoms with Crippen molar-refractivity contribution in [1.29, 1.82) is 0 Å².